The number of carbonyl (C=O) groups is 2. The van der Waals surface area contributed by atoms with Crippen LogP contribution in [0.2, 0.25) is 0 Å². The van der Waals surface area contributed by atoms with Crippen LogP contribution >= 0.6 is 0 Å². The number of ether oxygens (including phenoxy) is 3. The van der Waals surface area contributed by atoms with Crippen LogP contribution in [0.25, 0.3) is 0 Å². The van der Waals surface area contributed by atoms with E-state index in [4.69, 9.17) is 19.9 Å². The number of primary amides is 1. The van der Waals surface area contributed by atoms with Gasteiger partial charge in [-0.25, -0.2) is 10.2 Å². The quantitative estimate of drug-likeness (QED) is 0.678. The third kappa shape index (κ3) is 3.67. The Morgan fingerprint density at radius 3 is 2.10 bits per heavy atom. The summed E-state index contributed by atoms with van der Waals surface area (Å²) in [6, 6.07) is 2.06. The molecule has 0 saturated heterocycles. The molecule has 1 rings (SSSR count). The Hall–Kier alpha value is -2.64. The maximum Gasteiger partial charge on any atom is 0.330 e. The fourth-order valence-electron chi connectivity index (χ4n) is 1.49. The lowest BCUT2D eigenvalue weighted by Crippen LogP contribution is -2.44. The predicted molar refractivity (Wildman–Crippen MR) is 70.9 cm³/mol. The average molecular weight is 283 g/mol. The summed E-state index contributed by atoms with van der Waals surface area (Å²) in [7, 11) is 2.89. The van der Waals surface area contributed by atoms with E-state index in [-0.39, 0.29) is 5.56 Å². The molecule has 1 aromatic rings. The van der Waals surface area contributed by atoms with Gasteiger partial charge in [-0.15, -0.1) is 0 Å². The zero-order chi connectivity index (χ0) is 15.1. The van der Waals surface area contributed by atoms with Gasteiger partial charge < -0.3 is 19.9 Å². The number of methoxy groups -OCH3 is 2. The highest BCUT2D eigenvalue weighted by atomic mass is 16.5. The Bertz CT molecular complexity index is 479. The lowest BCUT2D eigenvalue weighted by Gasteiger charge is -2.15. The Kier molecular flexibility index (Phi) is 5.45. The van der Waals surface area contributed by atoms with Crippen molar-refractivity contribution in [3.8, 4) is 17.2 Å². The summed E-state index contributed by atoms with van der Waals surface area (Å²) in [6.45, 7) is 2.23. The predicted octanol–water partition coefficient (Wildman–Crippen LogP) is 0.416. The lowest BCUT2D eigenvalue weighted by molar-refractivity contribution is 0.0936. The minimum absolute atomic E-state index is 0.218. The standard InChI is InChI=1S/C12H17N3O5/c1-4-20-10-8(18-2)5-7(6-9(10)19-3)11(16)14-15-12(13)17/h5-6H,4H2,1-3H3,(H,14,16)(H3,13,15,17). The number of hydrazine groups is 1. The van der Waals surface area contributed by atoms with Crippen LogP contribution in [0.15, 0.2) is 12.1 Å². The molecule has 0 radical (unpaired) electrons. The fraction of sp³-hybridized carbons (Fsp3) is 0.333. The van der Waals surface area contributed by atoms with E-state index >= 15 is 0 Å². The zero-order valence-electron chi connectivity index (χ0n) is 11.5. The first-order chi connectivity index (χ1) is 9.53. The van der Waals surface area contributed by atoms with Crippen molar-refractivity contribution in [2.24, 2.45) is 5.73 Å². The van der Waals surface area contributed by atoms with Gasteiger partial charge in [-0.05, 0) is 19.1 Å². The fourth-order valence-corrected chi connectivity index (χ4v) is 1.49. The minimum atomic E-state index is -0.872. The zero-order valence-corrected chi connectivity index (χ0v) is 11.5. The van der Waals surface area contributed by atoms with Crippen LogP contribution < -0.4 is 30.8 Å². The molecule has 0 saturated carbocycles. The summed E-state index contributed by atoms with van der Waals surface area (Å²) >= 11 is 0. The summed E-state index contributed by atoms with van der Waals surface area (Å²) in [5.41, 5.74) is 9.20. The van der Waals surface area contributed by atoms with E-state index in [1.54, 1.807) is 0 Å². The van der Waals surface area contributed by atoms with Crippen molar-refractivity contribution >= 4 is 11.9 Å². The third-order valence-corrected chi connectivity index (χ3v) is 2.31. The number of urea groups is 1. The van der Waals surface area contributed by atoms with Gasteiger partial charge in [0.1, 0.15) is 0 Å². The molecular formula is C12H17N3O5. The molecule has 8 nitrogen and oxygen atoms in total. The van der Waals surface area contributed by atoms with Crippen LogP contribution in [-0.4, -0.2) is 32.8 Å². The van der Waals surface area contributed by atoms with Gasteiger partial charge in [0, 0.05) is 5.56 Å². The monoisotopic (exact) mass is 283 g/mol. The van der Waals surface area contributed by atoms with Gasteiger partial charge in [0.25, 0.3) is 5.91 Å². The van der Waals surface area contributed by atoms with Crippen molar-refractivity contribution in [1.82, 2.24) is 10.9 Å². The van der Waals surface area contributed by atoms with Crippen molar-refractivity contribution in [3.05, 3.63) is 17.7 Å². The highest BCUT2D eigenvalue weighted by Gasteiger charge is 2.17. The number of carbonyl (C=O) groups excluding carboxylic acids is 2. The normalized spacial score (nSPS) is 9.55. The molecule has 0 atom stereocenters. The second-order valence-corrected chi connectivity index (χ2v) is 3.59. The van der Waals surface area contributed by atoms with Crippen molar-refractivity contribution in [2.75, 3.05) is 20.8 Å². The van der Waals surface area contributed by atoms with Crippen LogP contribution in [0.4, 0.5) is 4.79 Å². The summed E-state index contributed by atoms with van der Waals surface area (Å²) in [5, 5.41) is 0. The molecule has 20 heavy (non-hydrogen) atoms. The molecule has 0 unspecified atom stereocenters. The Morgan fingerprint density at radius 1 is 1.15 bits per heavy atom. The van der Waals surface area contributed by atoms with Gasteiger partial charge in [0.05, 0.1) is 20.8 Å². The van der Waals surface area contributed by atoms with Gasteiger partial charge in [0.15, 0.2) is 11.5 Å². The summed E-state index contributed by atoms with van der Waals surface area (Å²) < 4.78 is 15.7. The first-order valence-electron chi connectivity index (χ1n) is 5.78. The largest absolute Gasteiger partial charge is 0.493 e. The molecule has 3 amide bonds. The summed E-state index contributed by atoms with van der Waals surface area (Å²) in [6.07, 6.45) is 0. The van der Waals surface area contributed by atoms with Crippen molar-refractivity contribution in [1.29, 1.82) is 0 Å². The number of nitrogens with two attached hydrogens (primary N) is 1. The van der Waals surface area contributed by atoms with E-state index < -0.39 is 11.9 Å². The second kappa shape index (κ2) is 7.07. The Labute approximate surface area is 116 Å². The second-order valence-electron chi connectivity index (χ2n) is 3.59. The summed E-state index contributed by atoms with van der Waals surface area (Å²) in [5.74, 6) is 0.520. The Balaban J connectivity index is 3.09. The molecule has 0 aliphatic carbocycles. The maximum absolute atomic E-state index is 11.8. The average Bonchev–Trinajstić information content (AvgIpc) is 2.44. The highest BCUT2D eigenvalue weighted by molar-refractivity contribution is 5.96. The maximum atomic E-state index is 11.8. The molecule has 0 aliphatic heterocycles. The van der Waals surface area contributed by atoms with Gasteiger partial charge in [0.2, 0.25) is 5.75 Å². The van der Waals surface area contributed by atoms with Crippen molar-refractivity contribution < 1.29 is 23.8 Å². The van der Waals surface area contributed by atoms with Crippen LogP contribution in [0, 0.1) is 0 Å². The van der Waals surface area contributed by atoms with E-state index in [9.17, 15) is 9.59 Å². The van der Waals surface area contributed by atoms with Crippen LogP contribution in [0.5, 0.6) is 17.2 Å². The van der Waals surface area contributed by atoms with Gasteiger partial charge >= 0.3 is 6.03 Å². The molecule has 0 aliphatic rings. The van der Waals surface area contributed by atoms with E-state index in [1.807, 2.05) is 12.3 Å². The molecular weight excluding hydrogens is 266 g/mol. The van der Waals surface area contributed by atoms with E-state index in [0.29, 0.717) is 23.9 Å². The van der Waals surface area contributed by atoms with Crippen LogP contribution in [-0.2, 0) is 0 Å². The molecule has 0 bridgehead atoms. The minimum Gasteiger partial charge on any atom is -0.493 e. The van der Waals surface area contributed by atoms with E-state index in [2.05, 4.69) is 5.43 Å². The third-order valence-electron chi connectivity index (χ3n) is 2.31. The lowest BCUT2D eigenvalue weighted by atomic mass is 10.1. The Morgan fingerprint density at radius 2 is 1.70 bits per heavy atom. The first-order valence-corrected chi connectivity index (χ1v) is 5.78. The molecule has 4 N–H and O–H groups in total. The molecule has 0 fully saturated rings. The van der Waals surface area contributed by atoms with Crippen LogP contribution in [0.3, 0.4) is 0 Å². The van der Waals surface area contributed by atoms with Gasteiger partial charge in [-0.2, -0.15) is 0 Å². The van der Waals surface area contributed by atoms with Crippen molar-refractivity contribution in [3.63, 3.8) is 0 Å². The number of amides is 3. The smallest absolute Gasteiger partial charge is 0.330 e. The molecule has 110 valence electrons. The number of hydrogen-bond donors (Lipinski definition) is 3. The van der Waals surface area contributed by atoms with Crippen molar-refractivity contribution in [2.45, 2.75) is 6.92 Å². The number of rotatable bonds is 5. The van der Waals surface area contributed by atoms with E-state index in [0.717, 1.165) is 0 Å². The molecule has 0 aromatic heterocycles. The van der Waals surface area contributed by atoms with Gasteiger partial charge in [-0.1, -0.05) is 0 Å². The number of benzene rings is 1. The molecule has 0 spiro atoms. The number of hydrogen-bond acceptors (Lipinski definition) is 5. The number of nitrogens with one attached hydrogen (secondary N) is 2. The molecule has 0 heterocycles. The summed E-state index contributed by atoms with van der Waals surface area (Å²) in [4.78, 5) is 22.4. The van der Waals surface area contributed by atoms with E-state index in [1.165, 1.54) is 26.4 Å². The first kappa shape index (κ1) is 15.4. The highest BCUT2D eigenvalue weighted by Crippen LogP contribution is 2.38. The molecule has 8 heteroatoms. The molecule has 1 aromatic carbocycles. The van der Waals surface area contributed by atoms with Gasteiger partial charge in [-0.3, -0.25) is 10.2 Å². The SMILES string of the molecule is CCOc1c(OC)cc(C(=O)NNC(N)=O)cc1OC. The topological polar surface area (TPSA) is 112 Å². The van der Waals surface area contributed by atoms with Crippen LogP contribution in [0.1, 0.15) is 17.3 Å².